The van der Waals surface area contributed by atoms with Gasteiger partial charge in [-0.3, -0.25) is 19.3 Å². The van der Waals surface area contributed by atoms with Gasteiger partial charge in [0.2, 0.25) is 16.9 Å². The highest BCUT2D eigenvalue weighted by molar-refractivity contribution is 5.82. The van der Waals surface area contributed by atoms with Crippen LogP contribution < -0.4 is 39.4 Å². The Kier molecular flexibility index (Phi) is 11.3. The van der Waals surface area contributed by atoms with Gasteiger partial charge >= 0.3 is 5.97 Å². The van der Waals surface area contributed by atoms with Gasteiger partial charge in [0.15, 0.2) is 28.8 Å². The first-order chi connectivity index (χ1) is 26.5. The number of hydrogen-bond donors (Lipinski definition) is 1. The molecule has 2 atom stereocenters. The molecule has 0 unspecified atom stereocenters. The minimum Gasteiger partial charge on any atom is -0.502 e. The number of ether oxygens (including phenoxy) is 7. The second kappa shape index (κ2) is 16.1. The third-order valence-electron chi connectivity index (χ3n) is 10.1. The Bertz CT molecular complexity index is 2340. The number of aromatic nitrogens is 1. The van der Waals surface area contributed by atoms with E-state index in [9.17, 15) is 19.5 Å². The summed E-state index contributed by atoms with van der Waals surface area (Å²) in [7, 11) is 12.1. The minimum atomic E-state index is -1.17. The number of carbonyl (C=O) groups is 1. The van der Waals surface area contributed by atoms with Gasteiger partial charge < -0.3 is 47.2 Å². The van der Waals surface area contributed by atoms with E-state index >= 15 is 0 Å². The van der Waals surface area contributed by atoms with Crippen LogP contribution in [0.1, 0.15) is 52.2 Å². The molecule has 5 aromatic rings. The number of esters is 1. The largest absolute Gasteiger partial charge is 0.502 e. The van der Waals surface area contributed by atoms with Crippen molar-refractivity contribution in [2.24, 2.45) is 7.05 Å². The van der Waals surface area contributed by atoms with Gasteiger partial charge in [0.25, 0.3) is 5.56 Å². The van der Waals surface area contributed by atoms with Crippen LogP contribution in [0, 0.1) is 0 Å². The molecule has 290 valence electrons. The summed E-state index contributed by atoms with van der Waals surface area (Å²) >= 11 is 0. The van der Waals surface area contributed by atoms with E-state index in [2.05, 4.69) is 4.90 Å². The van der Waals surface area contributed by atoms with Crippen molar-refractivity contribution in [1.29, 1.82) is 0 Å². The van der Waals surface area contributed by atoms with Crippen LogP contribution in [0.4, 0.5) is 0 Å². The lowest BCUT2D eigenvalue weighted by molar-refractivity contribution is -0.141. The Morgan fingerprint density at radius 3 is 2.13 bits per heavy atom. The van der Waals surface area contributed by atoms with E-state index in [1.54, 1.807) is 59.8 Å². The zero-order valence-electron chi connectivity index (χ0n) is 32.0. The monoisotopic (exact) mass is 756 g/mol. The smallest absolute Gasteiger partial charge is 0.306 e. The maximum atomic E-state index is 13.9. The summed E-state index contributed by atoms with van der Waals surface area (Å²) < 4.78 is 46.5. The van der Waals surface area contributed by atoms with Gasteiger partial charge in [-0.2, -0.15) is 0 Å². The maximum Gasteiger partial charge on any atom is 0.306 e. The van der Waals surface area contributed by atoms with Gasteiger partial charge in [-0.15, -0.1) is 0 Å². The molecule has 0 amide bonds. The first kappa shape index (κ1) is 38.6. The average Bonchev–Trinajstić information content (AvgIpc) is 3.21. The van der Waals surface area contributed by atoms with E-state index in [1.807, 2.05) is 24.3 Å². The number of rotatable bonds is 13. The fourth-order valence-corrected chi connectivity index (χ4v) is 7.33. The molecule has 1 aliphatic rings. The molecule has 3 aromatic carbocycles. The summed E-state index contributed by atoms with van der Waals surface area (Å²) in [4.78, 5) is 42.5. The number of pyridine rings is 1. The number of aromatic hydroxyl groups is 1. The van der Waals surface area contributed by atoms with E-state index in [-0.39, 0.29) is 30.0 Å². The van der Waals surface area contributed by atoms with Crippen LogP contribution in [0.15, 0.2) is 68.6 Å². The molecule has 55 heavy (non-hydrogen) atoms. The highest BCUT2D eigenvalue weighted by Gasteiger charge is 2.34. The lowest BCUT2D eigenvalue weighted by Gasteiger charge is -2.38. The third kappa shape index (κ3) is 7.24. The SMILES string of the molecule is COC(=O)C[C@H](c1oc(CN2CCc3cc(OC)c(OC)cc3[C@@H]2c2cc(OC)c(OC)c(OC)c2)cc(=O)c1O)c1cc2ccc(OC)cc2n(C)c1=O. The molecule has 0 fully saturated rings. The van der Waals surface area contributed by atoms with Crippen molar-refractivity contribution in [2.75, 3.05) is 56.3 Å². The van der Waals surface area contributed by atoms with Gasteiger partial charge in [0, 0.05) is 31.3 Å². The number of benzene rings is 3. The summed E-state index contributed by atoms with van der Waals surface area (Å²) in [6.45, 7) is 0.585. The van der Waals surface area contributed by atoms with Crippen molar-refractivity contribution in [2.45, 2.75) is 31.3 Å². The fraction of sp³-hybridized carbons (Fsp3) is 0.341. The molecule has 1 N–H and O–H groups in total. The Labute approximate surface area is 317 Å². The van der Waals surface area contributed by atoms with Crippen LogP contribution in [-0.4, -0.2) is 76.9 Å². The molecule has 0 saturated heterocycles. The van der Waals surface area contributed by atoms with E-state index in [4.69, 9.17) is 37.6 Å². The first-order valence-electron chi connectivity index (χ1n) is 17.4. The second-order valence-electron chi connectivity index (χ2n) is 13.0. The maximum absolute atomic E-state index is 13.9. The first-order valence-corrected chi connectivity index (χ1v) is 17.4. The second-order valence-corrected chi connectivity index (χ2v) is 13.0. The van der Waals surface area contributed by atoms with Crippen molar-refractivity contribution >= 4 is 16.9 Å². The summed E-state index contributed by atoms with van der Waals surface area (Å²) in [5.74, 6) is 0.396. The zero-order valence-corrected chi connectivity index (χ0v) is 32.0. The zero-order chi connectivity index (χ0) is 39.6. The van der Waals surface area contributed by atoms with Crippen LogP contribution in [0.2, 0.25) is 0 Å². The Balaban J connectivity index is 1.51. The van der Waals surface area contributed by atoms with Gasteiger partial charge in [-0.25, -0.2) is 0 Å². The summed E-state index contributed by atoms with van der Waals surface area (Å²) in [6.07, 6.45) is 0.217. The normalized spacial score (nSPS) is 14.5. The number of aryl methyl sites for hydroxylation is 1. The molecule has 0 radical (unpaired) electrons. The number of hydrogen-bond acceptors (Lipinski definition) is 13. The van der Waals surface area contributed by atoms with Crippen molar-refractivity contribution in [1.82, 2.24) is 9.47 Å². The molecule has 0 spiro atoms. The van der Waals surface area contributed by atoms with Crippen LogP contribution in [0.25, 0.3) is 10.9 Å². The third-order valence-corrected chi connectivity index (χ3v) is 10.1. The van der Waals surface area contributed by atoms with E-state index < -0.39 is 34.7 Å². The highest BCUT2D eigenvalue weighted by Crippen LogP contribution is 2.46. The quantitative estimate of drug-likeness (QED) is 0.159. The molecule has 0 aliphatic carbocycles. The average molecular weight is 757 g/mol. The van der Waals surface area contributed by atoms with Crippen molar-refractivity contribution < 1.29 is 47.5 Å². The highest BCUT2D eigenvalue weighted by atomic mass is 16.5. The lowest BCUT2D eigenvalue weighted by atomic mass is 9.87. The Hall–Kier alpha value is -6.15. The molecular formula is C41H44N2O12. The molecule has 2 aromatic heterocycles. The van der Waals surface area contributed by atoms with Crippen molar-refractivity contribution in [3.05, 3.63) is 109 Å². The van der Waals surface area contributed by atoms with E-state index in [1.165, 1.54) is 32.0 Å². The summed E-state index contributed by atoms with van der Waals surface area (Å²) in [6, 6.07) is 15.2. The predicted octanol–water partition coefficient (Wildman–Crippen LogP) is 5.09. The minimum absolute atomic E-state index is 0.0814. The van der Waals surface area contributed by atoms with Crippen LogP contribution in [0.3, 0.4) is 0 Å². The van der Waals surface area contributed by atoms with Crippen LogP contribution in [0.5, 0.6) is 40.2 Å². The number of carbonyl (C=O) groups excluding carboxylic acids is 1. The van der Waals surface area contributed by atoms with Crippen molar-refractivity contribution in [3.63, 3.8) is 0 Å². The summed E-state index contributed by atoms with van der Waals surface area (Å²) in [5, 5.41) is 11.9. The molecule has 1 aliphatic heterocycles. The van der Waals surface area contributed by atoms with E-state index in [0.29, 0.717) is 58.4 Å². The Morgan fingerprint density at radius 1 is 0.836 bits per heavy atom. The van der Waals surface area contributed by atoms with Gasteiger partial charge in [-0.1, -0.05) is 0 Å². The standard InChI is InChI=1S/C41H44N2O12/c1-42-30-17-25(48-2)10-9-23(30)13-29(41(42)47)28(20-36(45)53-7)39-38(46)31(44)18-26(55-39)21-43-12-11-22-14-32(49-3)33(50-4)19-27(22)37(43)24-15-34(51-5)40(54-8)35(16-24)52-6/h9-10,13-19,28,37,46H,11-12,20-21H2,1-8H3/t28-,37-/m0/s1. The van der Waals surface area contributed by atoms with Crippen molar-refractivity contribution in [3.8, 4) is 40.2 Å². The predicted molar refractivity (Wildman–Crippen MR) is 202 cm³/mol. The molecule has 6 rings (SSSR count). The number of nitrogens with zero attached hydrogens (tertiary/aromatic N) is 2. The van der Waals surface area contributed by atoms with Gasteiger partial charge in [0.1, 0.15) is 11.5 Å². The number of methoxy groups -OCH3 is 7. The van der Waals surface area contributed by atoms with E-state index in [0.717, 1.165) is 16.7 Å². The van der Waals surface area contributed by atoms with Gasteiger partial charge in [-0.05, 0) is 71.0 Å². The molecular weight excluding hydrogens is 712 g/mol. The molecule has 14 heteroatoms. The topological polar surface area (TPSA) is 157 Å². The lowest BCUT2D eigenvalue weighted by Crippen LogP contribution is -2.36. The summed E-state index contributed by atoms with van der Waals surface area (Å²) in [5.41, 5.74) is 2.22. The Morgan fingerprint density at radius 2 is 1.51 bits per heavy atom. The van der Waals surface area contributed by atoms with Gasteiger partial charge in [0.05, 0.1) is 80.2 Å². The fourth-order valence-electron chi connectivity index (χ4n) is 7.33. The molecule has 3 heterocycles. The number of fused-ring (bicyclic) bond motifs is 2. The van der Waals surface area contributed by atoms with Crippen LogP contribution in [-0.2, 0) is 29.5 Å². The molecule has 14 nitrogen and oxygen atoms in total. The molecule has 0 saturated carbocycles. The molecule has 0 bridgehead atoms. The van der Waals surface area contributed by atoms with Crippen LogP contribution >= 0.6 is 0 Å².